The molecule has 9 atom stereocenters. The van der Waals surface area contributed by atoms with Crippen molar-refractivity contribution in [2.24, 2.45) is 46.8 Å². The maximum absolute atomic E-state index is 14.1. The van der Waals surface area contributed by atoms with Gasteiger partial charge < -0.3 is 54.0 Å². The van der Waals surface area contributed by atoms with Crippen molar-refractivity contribution >= 4 is 82.2 Å². The van der Waals surface area contributed by atoms with Gasteiger partial charge in [0, 0.05) is 82.0 Å². The summed E-state index contributed by atoms with van der Waals surface area (Å²) in [6.45, 7) is 12.4. The number of amides is 7. The lowest BCUT2D eigenvalue weighted by Crippen LogP contribution is -2.49. The van der Waals surface area contributed by atoms with Crippen molar-refractivity contribution in [1.29, 1.82) is 0 Å². The van der Waals surface area contributed by atoms with Crippen molar-refractivity contribution < 1.29 is 77.3 Å². The Balaban J connectivity index is 6.07. The molecule has 0 saturated carbocycles. The van der Waals surface area contributed by atoms with Crippen LogP contribution in [0.15, 0.2) is 0 Å². The Morgan fingerprint density at radius 1 is 0.379 bits per heavy atom. The quantitative estimate of drug-likeness (QED) is 0.0328. The second kappa shape index (κ2) is 46.7. The standard InChI is InChI=1S/C63H108N8O16/c1-8-11-12-13-14-15-16-17-18-19-20-21-22-26-57(79)68-49(39-56(66)78)51(73)30-32-58(80)67-46(28-33-59(81)82)53(75)37-43(40(4)5)62(86)71-47(27-31-55(65)77)52(74)36-42(7)61(85)69-48(29-34-60(83)84)54(76)38-44(41(6)9-2)63(87)70-45(50(72)10-3)25-23-24-35-64/h40-49H,8-39,64H2,1-7H3,(H2,65,77)(H2,66,78)(H,67,80)(H,68,79)(H,69,85)(H,70,87)(H,71,86)(H,81,82)(H,83,84)/t41-,42-,43+,44-,45+,46+,47+,48+,49+/m1/s1. The Labute approximate surface area is 515 Å². The topological polar surface area (TPSA) is 418 Å². The van der Waals surface area contributed by atoms with Gasteiger partial charge >= 0.3 is 11.9 Å². The minimum absolute atomic E-state index is 0.115. The number of hydrogen-bond acceptors (Lipinski definition) is 15. The third-order valence-electron chi connectivity index (χ3n) is 15.9. The van der Waals surface area contributed by atoms with Crippen molar-refractivity contribution in [1.82, 2.24) is 26.6 Å². The highest BCUT2D eigenvalue weighted by Gasteiger charge is 2.36. The average Bonchev–Trinajstić information content (AvgIpc) is 3.54. The molecule has 496 valence electrons. The highest BCUT2D eigenvalue weighted by Crippen LogP contribution is 2.24. The summed E-state index contributed by atoms with van der Waals surface area (Å²) in [6, 6.07) is -6.44. The molecule has 0 unspecified atom stereocenters. The monoisotopic (exact) mass is 1230 g/mol. The van der Waals surface area contributed by atoms with Crippen LogP contribution in [0.3, 0.4) is 0 Å². The van der Waals surface area contributed by atoms with E-state index in [2.05, 4.69) is 33.5 Å². The molecule has 0 aliphatic carbocycles. The Morgan fingerprint density at radius 3 is 1.26 bits per heavy atom. The fourth-order valence-electron chi connectivity index (χ4n) is 10.1. The number of unbranched alkanes of at least 4 members (excludes halogenated alkanes) is 13. The first-order valence-electron chi connectivity index (χ1n) is 32.0. The van der Waals surface area contributed by atoms with Crippen LogP contribution in [0, 0.1) is 29.6 Å². The molecular weight excluding hydrogens is 1120 g/mol. The second-order valence-electron chi connectivity index (χ2n) is 23.8. The predicted octanol–water partition coefficient (Wildman–Crippen LogP) is 5.67. The summed E-state index contributed by atoms with van der Waals surface area (Å²) in [5.74, 6) is -15.2. The molecule has 7 amide bonds. The Kier molecular flexibility index (Phi) is 43.2. The molecule has 0 spiro atoms. The first kappa shape index (κ1) is 80.5. The van der Waals surface area contributed by atoms with Crippen molar-refractivity contribution in [2.75, 3.05) is 6.54 Å². The van der Waals surface area contributed by atoms with Crippen LogP contribution in [0.25, 0.3) is 0 Å². The minimum Gasteiger partial charge on any atom is -0.481 e. The molecule has 13 N–H and O–H groups in total. The highest BCUT2D eigenvalue weighted by molar-refractivity contribution is 5.99. The van der Waals surface area contributed by atoms with Gasteiger partial charge in [0.25, 0.3) is 0 Å². The zero-order valence-electron chi connectivity index (χ0n) is 53.2. The molecule has 0 aliphatic rings. The number of nitrogens with one attached hydrogen (secondary N) is 5. The summed E-state index contributed by atoms with van der Waals surface area (Å²) < 4.78 is 0. The van der Waals surface area contributed by atoms with Crippen LogP contribution in [-0.2, 0) is 67.1 Å². The molecule has 24 heteroatoms. The molecule has 0 bridgehead atoms. The number of primary amides is 2. The summed E-state index contributed by atoms with van der Waals surface area (Å²) in [6.07, 6.45) is 11.1. The number of carboxylic acid groups (broad SMARTS) is 2. The van der Waals surface area contributed by atoms with Crippen LogP contribution < -0.4 is 43.8 Å². The number of ketones is 5. The number of hydrogen-bond donors (Lipinski definition) is 10. The molecule has 0 radical (unpaired) electrons. The summed E-state index contributed by atoms with van der Waals surface area (Å²) in [7, 11) is 0. The number of Topliss-reactive ketones (excluding diaryl/α,β-unsaturated/α-hetero) is 5. The molecule has 0 aromatic carbocycles. The number of carbonyl (C=O) groups is 14. The van der Waals surface area contributed by atoms with E-state index in [-0.39, 0.29) is 37.4 Å². The molecular formula is C63H108N8O16. The fourth-order valence-corrected chi connectivity index (χ4v) is 10.1. The molecule has 0 aromatic rings. The van der Waals surface area contributed by atoms with E-state index in [0.717, 1.165) is 25.7 Å². The normalized spacial score (nSPS) is 14.4. The molecule has 0 fully saturated rings. The van der Waals surface area contributed by atoms with E-state index in [1.54, 1.807) is 27.7 Å². The predicted molar refractivity (Wildman–Crippen MR) is 328 cm³/mol. The second-order valence-corrected chi connectivity index (χ2v) is 23.8. The third-order valence-corrected chi connectivity index (χ3v) is 15.9. The van der Waals surface area contributed by atoms with Crippen molar-refractivity contribution in [3.8, 4) is 0 Å². The third kappa shape index (κ3) is 37.1. The number of aliphatic carboxylic acids is 2. The van der Waals surface area contributed by atoms with E-state index >= 15 is 0 Å². The van der Waals surface area contributed by atoms with E-state index in [4.69, 9.17) is 17.2 Å². The van der Waals surface area contributed by atoms with E-state index in [0.29, 0.717) is 38.6 Å². The Morgan fingerprint density at radius 2 is 0.805 bits per heavy atom. The molecule has 0 aliphatic heterocycles. The number of carboxylic acids is 2. The SMILES string of the molecule is CCCCCCCCCCCCCCCC(=O)N[C@@H](CC(N)=O)C(=O)CCC(=O)N[C@@H](CCC(=O)O)C(=O)C[C@H](C(=O)N[C@@H](CCC(N)=O)C(=O)C[C@@H](C)C(=O)N[C@@H](CCC(=O)O)C(=O)C[C@@H](C(=O)N[C@@H](CCCCN)C(=O)CC)[C@H](C)CC)C(C)C. The smallest absolute Gasteiger partial charge is 0.303 e. The van der Waals surface area contributed by atoms with Gasteiger partial charge in [-0.05, 0) is 63.3 Å². The van der Waals surface area contributed by atoms with Crippen LogP contribution in [0.1, 0.15) is 248 Å². The van der Waals surface area contributed by atoms with Crippen LogP contribution >= 0.6 is 0 Å². The van der Waals surface area contributed by atoms with Crippen LogP contribution in [-0.4, -0.2) is 129 Å². The first-order chi connectivity index (χ1) is 41.1. The molecule has 87 heavy (non-hydrogen) atoms. The summed E-state index contributed by atoms with van der Waals surface area (Å²) in [5.41, 5.74) is 16.4. The van der Waals surface area contributed by atoms with Crippen LogP contribution in [0.2, 0.25) is 0 Å². The minimum atomic E-state index is -1.46. The summed E-state index contributed by atoms with van der Waals surface area (Å²) in [4.78, 5) is 183. The van der Waals surface area contributed by atoms with Gasteiger partial charge in [-0.2, -0.15) is 0 Å². The Hall–Kier alpha value is -6.46. The van der Waals surface area contributed by atoms with Gasteiger partial charge in [0.1, 0.15) is 0 Å². The zero-order chi connectivity index (χ0) is 66.0. The lowest BCUT2D eigenvalue weighted by Gasteiger charge is -2.27. The maximum Gasteiger partial charge on any atom is 0.303 e. The zero-order valence-corrected chi connectivity index (χ0v) is 53.2. The lowest BCUT2D eigenvalue weighted by atomic mass is 9.84. The molecule has 0 heterocycles. The summed E-state index contributed by atoms with van der Waals surface area (Å²) >= 11 is 0. The Bertz CT molecular complexity index is 2220. The number of nitrogens with two attached hydrogens (primary N) is 3. The van der Waals surface area contributed by atoms with Crippen molar-refractivity contribution in [3.63, 3.8) is 0 Å². The average molecular weight is 1230 g/mol. The maximum atomic E-state index is 14.1. The number of rotatable bonds is 55. The molecule has 0 saturated heterocycles. The molecule has 0 aromatic heterocycles. The van der Waals surface area contributed by atoms with Gasteiger partial charge in [-0.1, -0.05) is 132 Å². The first-order valence-corrected chi connectivity index (χ1v) is 32.0. The van der Waals surface area contributed by atoms with Gasteiger partial charge in [-0.15, -0.1) is 0 Å². The van der Waals surface area contributed by atoms with Crippen molar-refractivity contribution in [2.45, 2.75) is 278 Å². The highest BCUT2D eigenvalue weighted by atomic mass is 16.4. The van der Waals surface area contributed by atoms with Gasteiger partial charge in [0.2, 0.25) is 41.4 Å². The molecule has 24 nitrogen and oxygen atoms in total. The van der Waals surface area contributed by atoms with Crippen LogP contribution in [0.4, 0.5) is 0 Å². The largest absolute Gasteiger partial charge is 0.481 e. The van der Waals surface area contributed by atoms with E-state index in [1.165, 1.54) is 58.3 Å². The molecule has 0 rings (SSSR count). The van der Waals surface area contributed by atoms with Crippen molar-refractivity contribution in [3.05, 3.63) is 0 Å². The van der Waals surface area contributed by atoms with E-state index < -0.39 is 195 Å². The van der Waals surface area contributed by atoms with Crippen LogP contribution in [0.5, 0.6) is 0 Å². The fraction of sp³-hybridized carbons (Fsp3) is 0.778. The van der Waals surface area contributed by atoms with E-state index in [9.17, 15) is 77.3 Å². The van der Waals surface area contributed by atoms with Gasteiger partial charge in [-0.25, -0.2) is 0 Å². The van der Waals surface area contributed by atoms with Gasteiger partial charge in [0.15, 0.2) is 28.9 Å². The number of carbonyl (C=O) groups excluding carboxylic acids is 12. The lowest BCUT2D eigenvalue weighted by molar-refractivity contribution is -0.139. The van der Waals surface area contributed by atoms with Gasteiger partial charge in [-0.3, -0.25) is 67.1 Å². The summed E-state index contributed by atoms with van der Waals surface area (Å²) in [5, 5.41) is 32.0. The van der Waals surface area contributed by atoms with E-state index in [1.807, 2.05) is 6.92 Å². The van der Waals surface area contributed by atoms with Gasteiger partial charge in [0.05, 0.1) is 36.6 Å².